The maximum atomic E-state index is 14.0. The molecule has 2 aromatic heterocycles. The van der Waals surface area contributed by atoms with E-state index in [0.29, 0.717) is 23.5 Å². The lowest BCUT2D eigenvalue weighted by atomic mass is 9.69. The number of aliphatic hydroxyl groups excluding tert-OH is 1. The van der Waals surface area contributed by atoms with E-state index >= 15 is 0 Å². The summed E-state index contributed by atoms with van der Waals surface area (Å²) in [5, 5.41) is 25.8. The molecule has 2 atom stereocenters. The highest BCUT2D eigenvalue weighted by Crippen LogP contribution is 2.42. The fraction of sp³-hybridized carbons (Fsp3) is 0.296. The Hall–Kier alpha value is -3.98. The smallest absolute Gasteiger partial charge is 0.320 e. The van der Waals surface area contributed by atoms with E-state index < -0.39 is 23.6 Å². The lowest BCUT2D eigenvalue weighted by Gasteiger charge is -2.40. The van der Waals surface area contributed by atoms with Crippen LogP contribution in [0.3, 0.4) is 0 Å². The van der Waals surface area contributed by atoms with Gasteiger partial charge in [0.25, 0.3) is 0 Å². The van der Waals surface area contributed by atoms with Crippen LogP contribution in [0.5, 0.6) is 0 Å². The van der Waals surface area contributed by atoms with Gasteiger partial charge in [0.05, 0.1) is 24.0 Å². The second kappa shape index (κ2) is 8.91. The van der Waals surface area contributed by atoms with Crippen molar-refractivity contribution < 1.29 is 14.3 Å². The largest absolute Gasteiger partial charge is 0.391 e. The zero-order chi connectivity index (χ0) is 25.6. The number of amides is 2. The molecule has 0 saturated heterocycles. The highest BCUT2D eigenvalue weighted by Gasteiger charge is 2.39. The maximum Gasteiger partial charge on any atom is 0.320 e. The van der Waals surface area contributed by atoms with Gasteiger partial charge >= 0.3 is 6.03 Å². The van der Waals surface area contributed by atoms with Crippen molar-refractivity contribution in [3.63, 3.8) is 0 Å². The van der Waals surface area contributed by atoms with Crippen LogP contribution in [0.25, 0.3) is 16.9 Å². The maximum absolute atomic E-state index is 14.0. The van der Waals surface area contributed by atoms with E-state index in [1.807, 2.05) is 64.3 Å². The number of aromatic nitrogens is 4. The predicted octanol–water partition coefficient (Wildman–Crippen LogP) is 4.63. The topological polar surface area (TPSA) is 97.0 Å². The van der Waals surface area contributed by atoms with Crippen molar-refractivity contribution >= 4 is 11.8 Å². The van der Waals surface area contributed by atoms with E-state index in [0.717, 1.165) is 22.4 Å². The van der Waals surface area contributed by atoms with Gasteiger partial charge in [-0.15, -0.1) is 0 Å². The van der Waals surface area contributed by atoms with Crippen LogP contribution in [-0.2, 0) is 12.5 Å². The summed E-state index contributed by atoms with van der Waals surface area (Å²) in [6, 6.07) is 12.8. The molecule has 0 radical (unpaired) electrons. The molecule has 4 aromatic rings. The number of rotatable bonds is 4. The molecular formula is C27H29FN6O2. The van der Waals surface area contributed by atoms with Crippen LogP contribution in [0, 0.1) is 12.7 Å². The summed E-state index contributed by atoms with van der Waals surface area (Å²) < 4.78 is 17.4. The molecule has 5 rings (SSSR count). The number of para-hydroxylation sites is 1. The Bertz CT molecular complexity index is 1430. The Kier molecular flexibility index (Phi) is 5.88. The van der Waals surface area contributed by atoms with Gasteiger partial charge in [0, 0.05) is 24.4 Å². The van der Waals surface area contributed by atoms with E-state index in [-0.39, 0.29) is 5.82 Å². The summed E-state index contributed by atoms with van der Waals surface area (Å²) in [6.07, 6.45) is 3.16. The minimum Gasteiger partial charge on any atom is -0.391 e. The molecule has 9 heteroatoms. The molecule has 0 unspecified atom stereocenters. The number of carbonyl (C=O) groups is 1. The molecule has 1 aliphatic rings. The molecule has 8 nitrogen and oxygen atoms in total. The van der Waals surface area contributed by atoms with Gasteiger partial charge in [-0.3, -0.25) is 10.00 Å². The van der Waals surface area contributed by atoms with Crippen LogP contribution in [0.15, 0.2) is 60.9 Å². The zero-order valence-electron chi connectivity index (χ0n) is 20.7. The minimum absolute atomic E-state index is 0.341. The molecule has 1 aliphatic carbocycles. The number of aliphatic hydroxyl groups is 1. The van der Waals surface area contributed by atoms with Gasteiger partial charge in [0.1, 0.15) is 17.3 Å². The molecule has 36 heavy (non-hydrogen) atoms. The second-order valence-corrected chi connectivity index (χ2v) is 9.94. The zero-order valence-corrected chi connectivity index (χ0v) is 20.7. The van der Waals surface area contributed by atoms with Gasteiger partial charge < -0.3 is 10.4 Å². The molecule has 3 N–H and O–H groups in total. The van der Waals surface area contributed by atoms with Crippen LogP contribution in [0.2, 0.25) is 0 Å². The van der Waals surface area contributed by atoms with E-state index in [9.17, 15) is 14.3 Å². The number of nitrogens with zero attached hydrogens (tertiary/aromatic N) is 4. The van der Waals surface area contributed by atoms with Gasteiger partial charge in [-0.05, 0) is 54.2 Å². The third kappa shape index (κ3) is 4.26. The molecule has 0 saturated carbocycles. The van der Waals surface area contributed by atoms with Crippen LogP contribution >= 0.6 is 0 Å². The third-order valence-electron chi connectivity index (χ3n) is 6.80. The normalized spacial score (nSPS) is 18.5. The Labute approximate surface area is 208 Å². The first-order chi connectivity index (χ1) is 17.1. The first-order valence-corrected chi connectivity index (χ1v) is 11.8. The Morgan fingerprint density at radius 3 is 2.64 bits per heavy atom. The van der Waals surface area contributed by atoms with Crippen molar-refractivity contribution in [1.82, 2.24) is 24.9 Å². The molecular weight excluding hydrogens is 459 g/mol. The first kappa shape index (κ1) is 23.7. The van der Waals surface area contributed by atoms with Gasteiger partial charge in [-0.2, -0.15) is 10.2 Å². The molecule has 0 aliphatic heterocycles. The SMILES string of the molecule is Cc1c(-c2cnn(C)c2)nn(-c2ccccc2)c1NC(=O)N[C@@H]1c2ccc(F)cc2C(C)(C)C[C@H]1O. The van der Waals surface area contributed by atoms with Crippen molar-refractivity contribution in [2.75, 3.05) is 5.32 Å². The van der Waals surface area contributed by atoms with Crippen molar-refractivity contribution in [3.8, 4) is 16.9 Å². The number of aryl methyl sites for hydroxylation is 1. The fourth-order valence-corrected chi connectivity index (χ4v) is 5.02. The molecule has 2 heterocycles. The number of fused-ring (bicyclic) bond motifs is 1. The minimum atomic E-state index is -0.824. The number of hydrogen-bond donors (Lipinski definition) is 3. The average Bonchev–Trinajstić information content (AvgIpc) is 3.40. The van der Waals surface area contributed by atoms with Crippen LogP contribution in [0.1, 0.15) is 43.0 Å². The average molecular weight is 489 g/mol. The third-order valence-corrected chi connectivity index (χ3v) is 6.80. The molecule has 0 bridgehead atoms. The van der Waals surface area contributed by atoms with E-state index in [1.165, 1.54) is 12.1 Å². The number of anilines is 1. The Balaban J connectivity index is 1.48. The number of nitrogens with one attached hydrogen (secondary N) is 2. The summed E-state index contributed by atoms with van der Waals surface area (Å²) in [7, 11) is 1.83. The van der Waals surface area contributed by atoms with Gasteiger partial charge in [0.2, 0.25) is 0 Å². The standard InChI is InChI=1S/C27H29FN6O2/c1-16-23(17-14-29-33(4)15-17)32-34(19-8-6-5-7-9-19)25(16)31-26(36)30-24-20-11-10-18(28)12-21(20)27(2,3)13-22(24)35/h5-12,14-15,22,24,35H,13H2,1-4H3,(H2,30,31,36)/t22-,24-/m1/s1. The van der Waals surface area contributed by atoms with E-state index in [2.05, 4.69) is 15.7 Å². The quantitative estimate of drug-likeness (QED) is 0.390. The van der Waals surface area contributed by atoms with Crippen LogP contribution in [-0.4, -0.2) is 36.8 Å². The Morgan fingerprint density at radius 1 is 1.19 bits per heavy atom. The van der Waals surface area contributed by atoms with E-state index in [4.69, 9.17) is 5.10 Å². The highest BCUT2D eigenvalue weighted by molar-refractivity contribution is 5.91. The predicted molar refractivity (Wildman–Crippen MR) is 135 cm³/mol. The van der Waals surface area contributed by atoms with Crippen LogP contribution in [0.4, 0.5) is 15.0 Å². The number of benzene rings is 2. The lowest BCUT2D eigenvalue weighted by Crippen LogP contribution is -2.45. The number of carbonyl (C=O) groups excluding carboxylic acids is 1. The van der Waals surface area contributed by atoms with Crippen molar-refractivity contribution in [2.24, 2.45) is 7.05 Å². The van der Waals surface area contributed by atoms with Crippen LogP contribution < -0.4 is 10.6 Å². The van der Waals surface area contributed by atoms with Gasteiger partial charge in [0.15, 0.2) is 0 Å². The molecule has 0 fully saturated rings. The second-order valence-electron chi connectivity index (χ2n) is 9.94. The lowest BCUT2D eigenvalue weighted by molar-refractivity contribution is 0.0881. The fourth-order valence-electron chi connectivity index (χ4n) is 5.02. The first-order valence-electron chi connectivity index (χ1n) is 11.8. The van der Waals surface area contributed by atoms with Gasteiger partial charge in [-0.1, -0.05) is 38.1 Å². The van der Waals surface area contributed by atoms with Crippen molar-refractivity contribution in [2.45, 2.75) is 44.8 Å². The summed E-state index contributed by atoms with van der Waals surface area (Å²) in [6.45, 7) is 5.82. The summed E-state index contributed by atoms with van der Waals surface area (Å²) in [4.78, 5) is 13.3. The number of urea groups is 1. The summed E-state index contributed by atoms with van der Waals surface area (Å²) in [5.74, 6) is 0.161. The summed E-state index contributed by atoms with van der Waals surface area (Å²) >= 11 is 0. The van der Waals surface area contributed by atoms with E-state index in [1.54, 1.807) is 21.6 Å². The number of hydrogen-bond acceptors (Lipinski definition) is 4. The molecule has 2 aromatic carbocycles. The number of halogens is 1. The van der Waals surface area contributed by atoms with Gasteiger partial charge in [-0.25, -0.2) is 13.9 Å². The molecule has 0 spiro atoms. The van der Waals surface area contributed by atoms with Crippen molar-refractivity contribution in [1.29, 1.82) is 0 Å². The molecule has 2 amide bonds. The molecule has 186 valence electrons. The monoisotopic (exact) mass is 488 g/mol. The highest BCUT2D eigenvalue weighted by atomic mass is 19.1. The summed E-state index contributed by atoms with van der Waals surface area (Å²) in [5.41, 5.74) is 4.15. The van der Waals surface area contributed by atoms with Crippen molar-refractivity contribution in [3.05, 3.63) is 83.4 Å². The Morgan fingerprint density at radius 2 is 1.94 bits per heavy atom.